The van der Waals surface area contributed by atoms with Gasteiger partial charge in [-0.15, -0.1) is 0 Å². The SMILES string of the molecule is COc1cc2c(cc1OC)C(=O)c1c(O)cc(O)cc1C2=O. The second-order valence-electron chi connectivity index (χ2n) is 4.80. The van der Waals surface area contributed by atoms with Crippen molar-refractivity contribution in [2.45, 2.75) is 0 Å². The molecule has 6 nitrogen and oxygen atoms in total. The first-order chi connectivity index (χ1) is 10.5. The van der Waals surface area contributed by atoms with Crippen molar-refractivity contribution in [1.29, 1.82) is 0 Å². The number of rotatable bonds is 2. The van der Waals surface area contributed by atoms with E-state index in [1.807, 2.05) is 0 Å². The molecule has 112 valence electrons. The van der Waals surface area contributed by atoms with Gasteiger partial charge in [0.25, 0.3) is 0 Å². The molecule has 2 aromatic carbocycles. The van der Waals surface area contributed by atoms with Gasteiger partial charge in [-0.05, 0) is 18.2 Å². The summed E-state index contributed by atoms with van der Waals surface area (Å²) in [6.07, 6.45) is 0. The van der Waals surface area contributed by atoms with Crippen molar-refractivity contribution in [3.63, 3.8) is 0 Å². The van der Waals surface area contributed by atoms with Gasteiger partial charge in [-0.2, -0.15) is 0 Å². The van der Waals surface area contributed by atoms with Gasteiger partial charge in [0, 0.05) is 22.8 Å². The summed E-state index contributed by atoms with van der Waals surface area (Å²) in [4.78, 5) is 25.1. The molecule has 0 atom stereocenters. The summed E-state index contributed by atoms with van der Waals surface area (Å²) in [5.74, 6) is -1.09. The van der Waals surface area contributed by atoms with Crippen LogP contribution in [0.4, 0.5) is 0 Å². The molecule has 22 heavy (non-hydrogen) atoms. The third kappa shape index (κ3) is 1.81. The second kappa shape index (κ2) is 4.77. The number of ether oxygens (including phenoxy) is 2. The van der Waals surface area contributed by atoms with Gasteiger partial charge in [-0.25, -0.2) is 0 Å². The van der Waals surface area contributed by atoms with Crippen molar-refractivity contribution in [3.05, 3.63) is 46.5 Å². The first-order valence-electron chi connectivity index (χ1n) is 6.39. The Kier molecular flexibility index (Phi) is 3.02. The van der Waals surface area contributed by atoms with Gasteiger partial charge >= 0.3 is 0 Å². The molecular formula is C16H12O6. The first-order valence-corrected chi connectivity index (χ1v) is 6.39. The van der Waals surface area contributed by atoms with Crippen LogP contribution in [0.1, 0.15) is 31.8 Å². The van der Waals surface area contributed by atoms with E-state index in [0.29, 0.717) is 11.5 Å². The molecule has 0 radical (unpaired) electrons. The predicted octanol–water partition coefficient (Wildman–Crippen LogP) is 1.89. The molecule has 1 aliphatic carbocycles. The van der Waals surface area contributed by atoms with E-state index < -0.39 is 17.3 Å². The summed E-state index contributed by atoms with van der Waals surface area (Å²) in [6.45, 7) is 0. The minimum Gasteiger partial charge on any atom is -0.508 e. The molecule has 0 fully saturated rings. The molecule has 1 aliphatic rings. The highest BCUT2D eigenvalue weighted by molar-refractivity contribution is 6.29. The lowest BCUT2D eigenvalue weighted by Crippen LogP contribution is -2.21. The summed E-state index contributed by atoms with van der Waals surface area (Å²) >= 11 is 0. The van der Waals surface area contributed by atoms with Crippen LogP contribution >= 0.6 is 0 Å². The number of hydrogen-bond donors (Lipinski definition) is 2. The van der Waals surface area contributed by atoms with E-state index in [0.717, 1.165) is 12.1 Å². The van der Waals surface area contributed by atoms with Crippen LogP contribution in [0.3, 0.4) is 0 Å². The lowest BCUT2D eigenvalue weighted by molar-refractivity contribution is 0.0975. The lowest BCUT2D eigenvalue weighted by atomic mass is 9.83. The quantitative estimate of drug-likeness (QED) is 0.750. The Morgan fingerprint density at radius 2 is 1.32 bits per heavy atom. The number of fused-ring (bicyclic) bond motifs is 2. The molecule has 2 aromatic rings. The maximum atomic E-state index is 12.6. The maximum Gasteiger partial charge on any atom is 0.198 e. The van der Waals surface area contributed by atoms with Crippen LogP contribution in [-0.2, 0) is 0 Å². The molecule has 6 heteroatoms. The van der Waals surface area contributed by atoms with Crippen LogP contribution in [0.25, 0.3) is 0 Å². The Hall–Kier alpha value is -3.02. The molecule has 2 N–H and O–H groups in total. The predicted molar refractivity (Wildman–Crippen MR) is 76.2 cm³/mol. The van der Waals surface area contributed by atoms with Crippen LogP contribution in [0.5, 0.6) is 23.0 Å². The van der Waals surface area contributed by atoms with Gasteiger partial charge in [0.1, 0.15) is 11.5 Å². The average molecular weight is 300 g/mol. The third-order valence-corrected chi connectivity index (χ3v) is 3.59. The number of carbonyl (C=O) groups excluding carboxylic acids is 2. The summed E-state index contributed by atoms with van der Waals surface area (Å²) < 4.78 is 10.3. The minimum absolute atomic E-state index is 0.0396. The van der Waals surface area contributed by atoms with E-state index in [4.69, 9.17) is 9.47 Å². The smallest absolute Gasteiger partial charge is 0.198 e. The number of carbonyl (C=O) groups is 2. The van der Waals surface area contributed by atoms with E-state index in [9.17, 15) is 19.8 Å². The van der Waals surface area contributed by atoms with E-state index in [1.165, 1.54) is 26.4 Å². The van der Waals surface area contributed by atoms with Crippen molar-refractivity contribution in [2.75, 3.05) is 14.2 Å². The van der Waals surface area contributed by atoms with Crippen molar-refractivity contribution in [2.24, 2.45) is 0 Å². The number of phenolic OH excluding ortho intramolecular Hbond substituents is 2. The maximum absolute atomic E-state index is 12.6. The summed E-state index contributed by atoms with van der Waals surface area (Å²) in [5, 5.41) is 19.4. The van der Waals surface area contributed by atoms with Crippen LogP contribution < -0.4 is 9.47 Å². The standard InChI is InChI=1S/C16H12O6/c1-21-12-5-8-9(6-13(12)22-2)16(20)14-10(15(8)19)3-7(17)4-11(14)18/h3-6,17-18H,1-2H3. The van der Waals surface area contributed by atoms with Crippen LogP contribution in [0.2, 0.25) is 0 Å². The third-order valence-electron chi connectivity index (χ3n) is 3.59. The average Bonchev–Trinajstić information content (AvgIpc) is 2.50. The van der Waals surface area contributed by atoms with E-state index in [-0.39, 0.29) is 28.0 Å². The van der Waals surface area contributed by atoms with E-state index in [1.54, 1.807) is 0 Å². The highest BCUT2D eigenvalue weighted by atomic mass is 16.5. The zero-order valence-corrected chi connectivity index (χ0v) is 11.8. The van der Waals surface area contributed by atoms with Crippen LogP contribution in [0, 0.1) is 0 Å². The van der Waals surface area contributed by atoms with Crippen LogP contribution in [-0.4, -0.2) is 36.0 Å². The van der Waals surface area contributed by atoms with E-state index >= 15 is 0 Å². The molecule has 0 bridgehead atoms. The zero-order chi connectivity index (χ0) is 16.0. The molecule has 0 amide bonds. The molecule has 0 spiro atoms. The fraction of sp³-hybridized carbons (Fsp3) is 0.125. The number of aromatic hydroxyl groups is 2. The summed E-state index contributed by atoms with van der Waals surface area (Å²) in [5.41, 5.74) is 0.0982. The van der Waals surface area contributed by atoms with Crippen LogP contribution in [0.15, 0.2) is 24.3 Å². The van der Waals surface area contributed by atoms with E-state index in [2.05, 4.69) is 0 Å². The minimum atomic E-state index is -0.511. The van der Waals surface area contributed by atoms with Crippen molar-refractivity contribution in [1.82, 2.24) is 0 Å². The number of hydrogen-bond acceptors (Lipinski definition) is 6. The van der Waals surface area contributed by atoms with Gasteiger partial charge in [-0.3, -0.25) is 9.59 Å². The van der Waals surface area contributed by atoms with Crippen molar-refractivity contribution in [3.8, 4) is 23.0 Å². The molecule has 0 saturated heterocycles. The Balaban J connectivity index is 2.31. The Morgan fingerprint density at radius 3 is 1.86 bits per heavy atom. The Morgan fingerprint density at radius 1 is 0.773 bits per heavy atom. The molecular weight excluding hydrogens is 288 g/mol. The zero-order valence-electron chi connectivity index (χ0n) is 11.8. The summed E-state index contributed by atoms with van der Waals surface area (Å²) in [6, 6.07) is 5.01. The van der Waals surface area contributed by atoms with Crippen molar-refractivity contribution >= 4 is 11.6 Å². The van der Waals surface area contributed by atoms with Gasteiger partial charge in [-0.1, -0.05) is 0 Å². The Bertz CT molecular complexity index is 822. The number of benzene rings is 2. The molecule has 0 aromatic heterocycles. The van der Waals surface area contributed by atoms with Gasteiger partial charge < -0.3 is 19.7 Å². The first kappa shape index (κ1) is 13.9. The second-order valence-corrected chi connectivity index (χ2v) is 4.80. The van der Waals surface area contributed by atoms with Gasteiger partial charge in [0.2, 0.25) is 0 Å². The summed E-state index contributed by atoms with van der Waals surface area (Å²) in [7, 11) is 2.84. The number of phenols is 2. The monoisotopic (exact) mass is 300 g/mol. The molecule has 0 aliphatic heterocycles. The normalized spacial score (nSPS) is 12.6. The highest BCUT2D eigenvalue weighted by Gasteiger charge is 2.34. The molecule has 3 rings (SSSR count). The number of methoxy groups -OCH3 is 2. The largest absolute Gasteiger partial charge is 0.508 e. The molecule has 0 saturated carbocycles. The molecule has 0 heterocycles. The fourth-order valence-corrected chi connectivity index (χ4v) is 2.56. The number of ketones is 2. The fourth-order valence-electron chi connectivity index (χ4n) is 2.56. The topological polar surface area (TPSA) is 93.1 Å². The lowest BCUT2D eigenvalue weighted by Gasteiger charge is -2.20. The molecule has 0 unspecified atom stereocenters. The Labute approximate surface area is 125 Å². The van der Waals surface area contributed by atoms with Gasteiger partial charge in [0.15, 0.2) is 23.1 Å². The highest BCUT2D eigenvalue weighted by Crippen LogP contribution is 2.39. The van der Waals surface area contributed by atoms with Crippen molar-refractivity contribution < 1.29 is 29.3 Å². The van der Waals surface area contributed by atoms with Gasteiger partial charge in [0.05, 0.1) is 19.8 Å².